The summed E-state index contributed by atoms with van der Waals surface area (Å²) < 4.78 is 11.6. The van der Waals surface area contributed by atoms with Crippen LogP contribution in [0.2, 0.25) is 0 Å². The van der Waals surface area contributed by atoms with Crippen LogP contribution in [0.15, 0.2) is 42.7 Å². The number of nitrogens with one attached hydrogen (secondary N) is 1. The molecule has 1 aromatic heterocycles. The van der Waals surface area contributed by atoms with E-state index in [0.717, 1.165) is 38.2 Å². The topological polar surface area (TPSA) is 63.7 Å². The van der Waals surface area contributed by atoms with E-state index >= 15 is 0 Å². The Balaban J connectivity index is 1.74. The number of pyridine rings is 1. The highest BCUT2D eigenvalue weighted by molar-refractivity contribution is 5.95. The smallest absolute Gasteiger partial charge is 0.254 e. The van der Waals surface area contributed by atoms with Crippen LogP contribution in [0.1, 0.15) is 29.3 Å². The van der Waals surface area contributed by atoms with Crippen molar-refractivity contribution in [1.29, 1.82) is 0 Å². The summed E-state index contributed by atoms with van der Waals surface area (Å²) in [5.41, 5.74) is 1.61. The van der Waals surface area contributed by atoms with Crippen molar-refractivity contribution in [3.63, 3.8) is 0 Å². The van der Waals surface area contributed by atoms with Gasteiger partial charge in [-0.1, -0.05) is 6.07 Å². The van der Waals surface area contributed by atoms with Crippen molar-refractivity contribution in [3.8, 4) is 11.5 Å². The zero-order valence-electron chi connectivity index (χ0n) is 15.1. The molecule has 6 nitrogen and oxygen atoms in total. The van der Waals surface area contributed by atoms with Crippen LogP contribution in [0.5, 0.6) is 11.5 Å². The monoisotopic (exact) mass is 355 g/mol. The van der Waals surface area contributed by atoms with Gasteiger partial charge in [0.2, 0.25) is 0 Å². The Morgan fingerprint density at radius 3 is 2.92 bits per heavy atom. The second-order valence-electron chi connectivity index (χ2n) is 6.14. The van der Waals surface area contributed by atoms with E-state index in [1.54, 1.807) is 18.5 Å². The molecule has 0 saturated carbocycles. The third kappa shape index (κ3) is 4.73. The van der Waals surface area contributed by atoms with Gasteiger partial charge < -0.3 is 19.7 Å². The lowest BCUT2D eigenvalue weighted by Gasteiger charge is -2.21. The maximum atomic E-state index is 12.8. The molecule has 3 rings (SSSR count). The Labute approximate surface area is 154 Å². The fourth-order valence-electron chi connectivity index (χ4n) is 2.90. The molecule has 2 aromatic rings. The van der Waals surface area contributed by atoms with E-state index in [1.165, 1.54) is 0 Å². The molecule has 0 unspecified atom stereocenters. The number of carbonyl (C=O) groups is 1. The van der Waals surface area contributed by atoms with Crippen molar-refractivity contribution in [2.75, 3.05) is 32.8 Å². The highest BCUT2D eigenvalue weighted by Gasteiger charge is 2.19. The van der Waals surface area contributed by atoms with Gasteiger partial charge in [-0.3, -0.25) is 9.78 Å². The maximum absolute atomic E-state index is 12.8. The Morgan fingerprint density at radius 2 is 2.12 bits per heavy atom. The number of nitrogens with zero attached hydrogens (tertiary/aromatic N) is 2. The van der Waals surface area contributed by atoms with E-state index in [1.807, 2.05) is 36.1 Å². The molecule has 0 radical (unpaired) electrons. The molecule has 6 heteroatoms. The highest BCUT2D eigenvalue weighted by Crippen LogP contribution is 2.30. The normalized spacial score (nSPS) is 14.6. The fraction of sp³-hybridized carbons (Fsp3) is 0.400. The van der Waals surface area contributed by atoms with Gasteiger partial charge in [0.1, 0.15) is 6.61 Å². The third-order valence-electron chi connectivity index (χ3n) is 4.23. The molecule has 0 atom stereocenters. The average Bonchev–Trinajstić information content (AvgIpc) is 2.97. The number of benzene rings is 1. The number of amides is 1. The molecule has 1 amide bonds. The predicted octanol–water partition coefficient (Wildman–Crippen LogP) is 2.49. The van der Waals surface area contributed by atoms with Crippen LogP contribution in [0.25, 0.3) is 0 Å². The van der Waals surface area contributed by atoms with Crippen molar-refractivity contribution in [1.82, 2.24) is 15.2 Å². The number of hydrogen-bond acceptors (Lipinski definition) is 5. The largest absolute Gasteiger partial charge is 0.490 e. The molecule has 1 aromatic carbocycles. The Morgan fingerprint density at radius 1 is 1.19 bits per heavy atom. The predicted molar refractivity (Wildman–Crippen MR) is 99.6 cm³/mol. The summed E-state index contributed by atoms with van der Waals surface area (Å²) in [6.07, 6.45) is 4.47. The first-order valence-electron chi connectivity index (χ1n) is 9.06. The molecule has 2 heterocycles. The minimum atomic E-state index is 0.0356. The molecule has 0 aliphatic carbocycles. The van der Waals surface area contributed by atoms with Gasteiger partial charge in [-0.2, -0.15) is 0 Å². The zero-order valence-corrected chi connectivity index (χ0v) is 15.1. The third-order valence-corrected chi connectivity index (χ3v) is 4.23. The molecule has 1 N–H and O–H groups in total. The maximum Gasteiger partial charge on any atom is 0.254 e. The quantitative estimate of drug-likeness (QED) is 0.863. The standard InChI is InChI=1S/C20H25N3O3/c1-2-25-19-13-17(20(24)23-11-4-9-21-10-12-23)6-7-18(19)26-15-16-5-3-8-22-14-16/h3,5-8,13-14,21H,2,4,9-12,15H2,1H3. The number of carbonyl (C=O) groups excluding carboxylic acids is 1. The van der Waals surface area contributed by atoms with E-state index < -0.39 is 0 Å². The molecule has 0 bridgehead atoms. The van der Waals surface area contributed by atoms with Crippen LogP contribution in [0.4, 0.5) is 0 Å². The van der Waals surface area contributed by atoms with Crippen molar-refractivity contribution < 1.29 is 14.3 Å². The first-order valence-corrected chi connectivity index (χ1v) is 9.06. The molecule has 1 aliphatic rings. The van der Waals surface area contributed by atoms with Crippen molar-refractivity contribution in [3.05, 3.63) is 53.9 Å². The van der Waals surface area contributed by atoms with E-state index in [0.29, 0.717) is 30.3 Å². The SMILES string of the molecule is CCOc1cc(C(=O)N2CCCNCC2)ccc1OCc1cccnc1. The van der Waals surface area contributed by atoms with E-state index in [2.05, 4.69) is 10.3 Å². The van der Waals surface area contributed by atoms with Crippen LogP contribution >= 0.6 is 0 Å². The van der Waals surface area contributed by atoms with Gasteiger partial charge in [0.15, 0.2) is 11.5 Å². The van der Waals surface area contributed by atoms with Crippen molar-refractivity contribution in [2.24, 2.45) is 0 Å². The minimum Gasteiger partial charge on any atom is -0.490 e. The fourth-order valence-corrected chi connectivity index (χ4v) is 2.90. The molecular weight excluding hydrogens is 330 g/mol. The lowest BCUT2D eigenvalue weighted by molar-refractivity contribution is 0.0766. The second-order valence-corrected chi connectivity index (χ2v) is 6.14. The molecule has 1 fully saturated rings. The number of rotatable bonds is 6. The van der Waals surface area contributed by atoms with Crippen molar-refractivity contribution >= 4 is 5.91 Å². The van der Waals surface area contributed by atoms with Crippen LogP contribution < -0.4 is 14.8 Å². The Bertz CT molecular complexity index is 713. The zero-order chi connectivity index (χ0) is 18.2. The average molecular weight is 355 g/mol. The number of aromatic nitrogens is 1. The molecule has 138 valence electrons. The lowest BCUT2D eigenvalue weighted by Crippen LogP contribution is -2.34. The minimum absolute atomic E-state index is 0.0356. The summed E-state index contributed by atoms with van der Waals surface area (Å²) in [4.78, 5) is 18.8. The summed E-state index contributed by atoms with van der Waals surface area (Å²) in [6.45, 7) is 6.11. The highest BCUT2D eigenvalue weighted by atomic mass is 16.5. The van der Waals surface area contributed by atoms with E-state index in [4.69, 9.17) is 9.47 Å². The summed E-state index contributed by atoms with van der Waals surface area (Å²) in [5.74, 6) is 1.26. The van der Waals surface area contributed by atoms with Crippen LogP contribution in [-0.4, -0.2) is 48.6 Å². The van der Waals surface area contributed by atoms with Crippen molar-refractivity contribution in [2.45, 2.75) is 20.0 Å². The second kappa shape index (κ2) is 9.20. The number of hydrogen-bond donors (Lipinski definition) is 1. The molecule has 0 spiro atoms. The lowest BCUT2D eigenvalue weighted by atomic mass is 10.1. The summed E-state index contributed by atoms with van der Waals surface area (Å²) >= 11 is 0. The van der Waals surface area contributed by atoms with Gasteiger partial charge >= 0.3 is 0 Å². The van der Waals surface area contributed by atoms with Gasteiger partial charge in [0.05, 0.1) is 6.61 Å². The van der Waals surface area contributed by atoms with E-state index in [9.17, 15) is 4.79 Å². The summed E-state index contributed by atoms with van der Waals surface area (Å²) in [6, 6.07) is 9.23. The van der Waals surface area contributed by atoms with Gasteiger partial charge in [0, 0.05) is 43.2 Å². The first kappa shape index (κ1) is 18.2. The van der Waals surface area contributed by atoms with Gasteiger partial charge in [0.25, 0.3) is 5.91 Å². The summed E-state index contributed by atoms with van der Waals surface area (Å²) in [5, 5.41) is 3.31. The Hall–Kier alpha value is -2.60. The molecule has 26 heavy (non-hydrogen) atoms. The van der Waals surface area contributed by atoms with Crippen LogP contribution in [0, 0.1) is 0 Å². The first-order chi connectivity index (χ1) is 12.8. The molecular formula is C20H25N3O3. The molecule has 1 aliphatic heterocycles. The Kier molecular flexibility index (Phi) is 6.44. The van der Waals surface area contributed by atoms with Gasteiger partial charge in [-0.25, -0.2) is 0 Å². The van der Waals surface area contributed by atoms with Crippen LogP contribution in [-0.2, 0) is 6.61 Å². The summed E-state index contributed by atoms with van der Waals surface area (Å²) in [7, 11) is 0. The number of ether oxygens (including phenoxy) is 2. The van der Waals surface area contributed by atoms with Crippen LogP contribution in [0.3, 0.4) is 0 Å². The van der Waals surface area contributed by atoms with E-state index in [-0.39, 0.29) is 5.91 Å². The molecule has 1 saturated heterocycles. The van der Waals surface area contributed by atoms with Gasteiger partial charge in [-0.15, -0.1) is 0 Å². The van der Waals surface area contributed by atoms with Gasteiger partial charge in [-0.05, 0) is 44.2 Å².